The maximum Gasteiger partial charge on any atom is 0.416 e. The van der Waals surface area contributed by atoms with E-state index in [-0.39, 0.29) is 0 Å². The number of anilines is 1. The molecule has 3 atom stereocenters. The van der Waals surface area contributed by atoms with Crippen LogP contribution in [0.25, 0.3) is 11.1 Å². The second kappa shape index (κ2) is 5.76. The predicted octanol–water partition coefficient (Wildman–Crippen LogP) is 4.76. The van der Waals surface area contributed by atoms with E-state index in [2.05, 4.69) is 15.3 Å². The van der Waals surface area contributed by atoms with Crippen molar-refractivity contribution in [2.75, 3.05) is 5.32 Å². The lowest BCUT2D eigenvalue weighted by molar-refractivity contribution is -0.137. The predicted molar refractivity (Wildman–Crippen MR) is 85.3 cm³/mol. The minimum Gasteiger partial charge on any atom is -0.366 e. The normalized spacial score (nSPS) is 25.9. The van der Waals surface area contributed by atoms with E-state index < -0.39 is 11.7 Å². The Bertz CT molecular complexity index is 727. The lowest BCUT2D eigenvalue weighted by Crippen LogP contribution is -2.26. The van der Waals surface area contributed by atoms with Gasteiger partial charge in [-0.05, 0) is 48.8 Å². The lowest BCUT2D eigenvalue weighted by atomic mass is 9.95. The van der Waals surface area contributed by atoms with Gasteiger partial charge in [-0.2, -0.15) is 13.2 Å². The zero-order valence-electron chi connectivity index (χ0n) is 13.1. The van der Waals surface area contributed by atoms with E-state index in [0.29, 0.717) is 23.3 Å². The number of hydrogen-bond donors (Lipinski definition) is 1. The van der Waals surface area contributed by atoms with Crippen LogP contribution >= 0.6 is 0 Å². The second-order valence-electron chi connectivity index (χ2n) is 6.79. The fourth-order valence-electron chi connectivity index (χ4n) is 4.09. The van der Waals surface area contributed by atoms with Crippen LogP contribution in [0.15, 0.2) is 36.8 Å². The van der Waals surface area contributed by atoms with Gasteiger partial charge < -0.3 is 5.32 Å². The summed E-state index contributed by atoms with van der Waals surface area (Å²) in [6, 6.07) is 5.57. The first kappa shape index (κ1) is 15.4. The van der Waals surface area contributed by atoms with E-state index in [1.54, 1.807) is 6.20 Å². The van der Waals surface area contributed by atoms with Crippen molar-refractivity contribution in [3.05, 3.63) is 42.4 Å². The smallest absolute Gasteiger partial charge is 0.366 e. The third-order valence-corrected chi connectivity index (χ3v) is 5.30. The summed E-state index contributed by atoms with van der Waals surface area (Å²) in [7, 11) is 0. The van der Waals surface area contributed by atoms with Gasteiger partial charge >= 0.3 is 6.18 Å². The summed E-state index contributed by atoms with van der Waals surface area (Å²) in [5.41, 5.74) is 0.786. The number of hydrogen-bond acceptors (Lipinski definition) is 3. The number of alkyl halides is 3. The second-order valence-corrected chi connectivity index (χ2v) is 6.79. The first-order valence-corrected chi connectivity index (χ1v) is 8.25. The van der Waals surface area contributed by atoms with Crippen LogP contribution in [-0.2, 0) is 6.18 Å². The first-order valence-electron chi connectivity index (χ1n) is 8.25. The summed E-state index contributed by atoms with van der Waals surface area (Å²) < 4.78 is 38.2. The Labute approximate surface area is 138 Å². The average molecular weight is 333 g/mol. The number of halogens is 3. The zero-order valence-corrected chi connectivity index (χ0v) is 13.1. The van der Waals surface area contributed by atoms with Crippen molar-refractivity contribution >= 4 is 5.82 Å². The third-order valence-electron chi connectivity index (χ3n) is 5.30. The van der Waals surface area contributed by atoms with E-state index in [0.717, 1.165) is 30.0 Å². The molecular formula is C18H18F3N3. The molecule has 0 saturated heterocycles. The van der Waals surface area contributed by atoms with Gasteiger partial charge in [0.15, 0.2) is 0 Å². The molecule has 2 saturated carbocycles. The molecule has 2 bridgehead atoms. The number of fused-ring (bicyclic) bond motifs is 2. The molecule has 6 heteroatoms. The summed E-state index contributed by atoms with van der Waals surface area (Å²) in [6.45, 7) is 0. The van der Waals surface area contributed by atoms with E-state index in [9.17, 15) is 13.2 Å². The standard InChI is InChI=1S/C18H18F3N3/c19-18(20,21)14-5-3-12(4-6-14)15-9-22-10-23-17(15)24-16-8-11-1-2-13(16)7-11/h3-6,9-11,13,16H,1-2,7-8H2,(H,22,23,24)/t11-,13+,16-/m1/s1. The molecule has 4 rings (SSSR count). The number of nitrogens with zero attached hydrogens (tertiary/aromatic N) is 2. The van der Waals surface area contributed by atoms with Crippen molar-refractivity contribution in [3.8, 4) is 11.1 Å². The van der Waals surface area contributed by atoms with Gasteiger partial charge in [0, 0.05) is 17.8 Å². The molecule has 24 heavy (non-hydrogen) atoms. The van der Waals surface area contributed by atoms with Crippen molar-refractivity contribution in [2.45, 2.75) is 37.9 Å². The number of nitrogens with one attached hydrogen (secondary N) is 1. The van der Waals surface area contributed by atoms with Crippen LogP contribution in [0.2, 0.25) is 0 Å². The average Bonchev–Trinajstić information content (AvgIpc) is 3.18. The van der Waals surface area contributed by atoms with Gasteiger partial charge in [0.2, 0.25) is 0 Å². The summed E-state index contributed by atoms with van der Waals surface area (Å²) in [5.74, 6) is 2.21. The van der Waals surface area contributed by atoms with Crippen LogP contribution < -0.4 is 5.32 Å². The van der Waals surface area contributed by atoms with Crippen molar-refractivity contribution in [2.24, 2.45) is 11.8 Å². The molecule has 0 aliphatic heterocycles. The Morgan fingerprint density at radius 3 is 2.46 bits per heavy atom. The molecule has 0 spiro atoms. The van der Waals surface area contributed by atoms with Crippen LogP contribution in [0, 0.1) is 11.8 Å². The van der Waals surface area contributed by atoms with Crippen molar-refractivity contribution in [3.63, 3.8) is 0 Å². The minimum absolute atomic E-state index is 0.409. The highest BCUT2D eigenvalue weighted by Crippen LogP contribution is 2.46. The monoisotopic (exact) mass is 333 g/mol. The highest BCUT2D eigenvalue weighted by molar-refractivity contribution is 5.74. The molecule has 0 amide bonds. The van der Waals surface area contributed by atoms with Crippen molar-refractivity contribution in [1.29, 1.82) is 0 Å². The molecule has 2 fully saturated rings. The van der Waals surface area contributed by atoms with Gasteiger partial charge in [-0.1, -0.05) is 18.6 Å². The molecule has 3 nitrogen and oxygen atoms in total. The van der Waals surface area contributed by atoms with Crippen LogP contribution in [0.1, 0.15) is 31.2 Å². The van der Waals surface area contributed by atoms with E-state index in [1.165, 1.54) is 37.7 Å². The van der Waals surface area contributed by atoms with Crippen LogP contribution in [0.3, 0.4) is 0 Å². The quantitative estimate of drug-likeness (QED) is 0.880. The van der Waals surface area contributed by atoms with Gasteiger partial charge in [-0.15, -0.1) is 0 Å². The van der Waals surface area contributed by atoms with Crippen molar-refractivity contribution in [1.82, 2.24) is 9.97 Å². The van der Waals surface area contributed by atoms with Gasteiger partial charge in [0.1, 0.15) is 12.1 Å². The first-order chi connectivity index (χ1) is 11.5. The Kier molecular flexibility index (Phi) is 3.70. The molecule has 0 unspecified atom stereocenters. The summed E-state index contributed by atoms with van der Waals surface area (Å²) in [4.78, 5) is 8.37. The molecule has 1 heterocycles. The third kappa shape index (κ3) is 2.85. The SMILES string of the molecule is FC(F)(F)c1ccc(-c2cncnc2N[C@@H]2C[C@@H]3CC[C@H]2C3)cc1. The molecule has 2 aliphatic carbocycles. The summed E-state index contributed by atoms with van der Waals surface area (Å²) >= 11 is 0. The Hall–Kier alpha value is -2.11. The zero-order chi connectivity index (χ0) is 16.7. The van der Waals surface area contributed by atoms with E-state index >= 15 is 0 Å². The fraction of sp³-hybridized carbons (Fsp3) is 0.444. The summed E-state index contributed by atoms with van der Waals surface area (Å²) in [6.07, 6.45) is 3.81. The van der Waals surface area contributed by atoms with Gasteiger partial charge in [-0.3, -0.25) is 0 Å². The van der Waals surface area contributed by atoms with E-state index in [1.807, 2.05) is 0 Å². The molecule has 0 radical (unpaired) electrons. The molecular weight excluding hydrogens is 315 g/mol. The number of rotatable bonds is 3. The largest absolute Gasteiger partial charge is 0.416 e. The van der Waals surface area contributed by atoms with E-state index in [4.69, 9.17) is 0 Å². The van der Waals surface area contributed by atoms with Crippen LogP contribution in [0.5, 0.6) is 0 Å². The van der Waals surface area contributed by atoms with Crippen LogP contribution in [0.4, 0.5) is 19.0 Å². The molecule has 2 aromatic rings. The highest BCUT2D eigenvalue weighted by atomic mass is 19.4. The van der Waals surface area contributed by atoms with Crippen LogP contribution in [-0.4, -0.2) is 16.0 Å². The maximum atomic E-state index is 12.7. The molecule has 126 valence electrons. The molecule has 1 aromatic carbocycles. The van der Waals surface area contributed by atoms with Crippen molar-refractivity contribution < 1.29 is 13.2 Å². The topological polar surface area (TPSA) is 37.8 Å². The molecule has 2 aliphatic rings. The lowest BCUT2D eigenvalue weighted by Gasteiger charge is -2.24. The highest BCUT2D eigenvalue weighted by Gasteiger charge is 2.39. The number of benzene rings is 1. The van der Waals surface area contributed by atoms with Gasteiger partial charge in [0.25, 0.3) is 0 Å². The van der Waals surface area contributed by atoms with Gasteiger partial charge in [-0.25, -0.2) is 9.97 Å². The molecule has 1 aromatic heterocycles. The summed E-state index contributed by atoms with van der Waals surface area (Å²) in [5, 5.41) is 3.51. The molecule has 1 N–H and O–H groups in total. The minimum atomic E-state index is -4.32. The van der Waals surface area contributed by atoms with Gasteiger partial charge in [0.05, 0.1) is 5.56 Å². The fourth-order valence-corrected chi connectivity index (χ4v) is 4.09. The Balaban J connectivity index is 1.59. The number of aromatic nitrogens is 2. The Morgan fingerprint density at radius 2 is 1.83 bits per heavy atom. The Morgan fingerprint density at radius 1 is 1.04 bits per heavy atom. The maximum absolute atomic E-state index is 12.7.